The largest absolute Gasteiger partial charge is 0.368 e. The fraction of sp³-hybridized carbons (Fsp3) is 0.211. The second-order valence-corrected chi connectivity index (χ2v) is 5.71. The zero-order valence-electron chi connectivity index (χ0n) is 13.5. The van der Waals surface area contributed by atoms with Crippen LogP contribution in [0.3, 0.4) is 0 Å². The molecule has 3 rings (SSSR count). The van der Waals surface area contributed by atoms with Crippen molar-refractivity contribution in [2.75, 3.05) is 17.2 Å². The van der Waals surface area contributed by atoms with Crippen molar-refractivity contribution in [3.05, 3.63) is 59.7 Å². The number of anilines is 2. The van der Waals surface area contributed by atoms with Gasteiger partial charge in [-0.15, -0.1) is 0 Å². The fourth-order valence-electron chi connectivity index (χ4n) is 2.58. The lowest BCUT2D eigenvalue weighted by Crippen LogP contribution is -2.27. The van der Waals surface area contributed by atoms with E-state index in [4.69, 9.17) is 10.00 Å². The number of nitrogens with one attached hydrogen (secondary N) is 2. The molecule has 0 bridgehead atoms. The average molecular weight is 335 g/mol. The van der Waals surface area contributed by atoms with Crippen LogP contribution in [-0.4, -0.2) is 24.5 Å². The van der Waals surface area contributed by atoms with Crippen molar-refractivity contribution in [2.45, 2.75) is 18.9 Å². The predicted octanol–water partition coefficient (Wildman–Crippen LogP) is 2.93. The van der Waals surface area contributed by atoms with Crippen LogP contribution in [0.5, 0.6) is 0 Å². The van der Waals surface area contributed by atoms with Crippen molar-refractivity contribution in [1.29, 1.82) is 5.26 Å². The van der Waals surface area contributed by atoms with Crippen molar-refractivity contribution in [3.63, 3.8) is 0 Å². The van der Waals surface area contributed by atoms with Crippen LogP contribution in [0.4, 0.5) is 11.4 Å². The monoisotopic (exact) mass is 335 g/mol. The molecule has 0 aromatic heterocycles. The first-order chi connectivity index (χ1) is 12.2. The third kappa shape index (κ3) is 4.22. The Balaban J connectivity index is 1.66. The van der Waals surface area contributed by atoms with Gasteiger partial charge in [-0.2, -0.15) is 5.26 Å². The molecule has 0 aliphatic carbocycles. The van der Waals surface area contributed by atoms with Crippen molar-refractivity contribution in [3.8, 4) is 6.07 Å². The molecule has 1 unspecified atom stereocenters. The van der Waals surface area contributed by atoms with E-state index < -0.39 is 6.10 Å². The van der Waals surface area contributed by atoms with Crippen LogP contribution in [0.15, 0.2) is 48.5 Å². The van der Waals surface area contributed by atoms with E-state index in [0.717, 1.165) is 6.42 Å². The Hall–Kier alpha value is -3.17. The molecular weight excluding hydrogens is 318 g/mol. The lowest BCUT2D eigenvalue weighted by Gasteiger charge is -2.11. The van der Waals surface area contributed by atoms with Gasteiger partial charge >= 0.3 is 0 Å². The maximum Gasteiger partial charge on any atom is 0.255 e. The molecule has 1 aliphatic heterocycles. The van der Waals surface area contributed by atoms with Crippen LogP contribution in [0.1, 0.15) is 28.8 Å². The van der Waals surface area contributed by atoms with Gasteiger partial charge in [-0.1, -0.05) is 6.07 Å². The molecule has 2 amide bonds. The smallest absolute Gasteiger partial charge is 0.255 e. The summed E-state index contributed by atoms with van der Waals surface area (Å²) in [6.07, 6.45) is 1.17. The Labute approximate surface area is 145 Å². The lowest BCUT2D eigenvalue weighted by molar-refractivity contribution is -0.124. The van der Waals surface area contributed by atoms with Gasteiger partial charge in [-0.3, -0.25) is 9.59 Å². The highest BCUT2D eigenvalue weighted by Crippen LogP contribution is 2.17. The van der Waals surface area contributed by atoms with Crippen LogP contribution in [0.25, 0.3) is 0 Å². The van der Waals surface area contributed by atoms with E-state index in [1.165, 1.54) is 0 Å². The summed E-state index contributed by atoms with van der Waals surface area (Å²) in [5.74, 6) is -0.486. The Morgan fingerprint density at radius 2 is 1.88 bits per heavy atom. The molecule has 1 heterocycles. The van der Waals surface area contributed by atoms with Crippen LogP contribution in [0, 0.1) is 11.3 Å². The average Bonchev–Trinajstić information content (AvgIpc) is 3.17. The second-order valence-electron chi connectivity index (χ2n) is 5.71. The summed E-state index contributed by atoms with van der Waals surface area (Å²) < 4.78 is 5.35. The number of carbonyl (C=O) groups excluding carboxylic acids is 2. The Bertz CT molecular complexity index is 819. The molecule has 0 radical (unpaired) electrons. The number of carbonyl (C=O) groups is 2. The van der Waals surface area contributed by atoms with Crippen LogP contribution < -0.4 is 10.6 Å². The number of hydrogen-bond donors (Lipinski definition) is 2. The summed E-state index contributed by atoms with van der Waals surface area (Å²) in [4.78, 5) is 24.4. The summed E-state index contributed by atoms with van der Waals surface area (Å²) in [5, 5.41) is 14.3. The summed E-state index contributed by atoms with van der Waals surface area (Å²) >= 11 is 0. The molecule has 126 valence electrons. The Morgan fingerprint density at radius 1 is 1.08 bits per heavy atom. The first kappa shape index (κ1) is 16.7. The molecular formula is C19H17N3O3. The summed E-state index contributed by atoms with van der Waals surface area (Å²) in [6.45, 7) is 0.602. The van der Waals surface area contributed by atoms with Crippen molar-refractivity contribution in [2.24, 2.45) is 0 Å². The van der Waals surface area contributed by atoms with E-state index in [2.05, 4.69) is 10.6 Å². The van der Waals surface area contributed by atoms with Gasteiger partial charge in [0.2, 0.25) is 0 Å². The third-order valence-electron chi connectivity index (χ3n) is 3.89. The number of benzene rings is 2. The van der Waals surface area contributed by atoms with Crippen LogP contribution in [-0.2, 0) is 9.53 Å². The lowest BCUT2D eigenvalue weighted by atomic mass is 10.1. The standard InChI is InChI=1S/C19H17N3O3/c20-12-13-6-8-15(9-7-13)21-18(23)14-3-1-4-16(11-14)22-19(24)17-5-2-10-25-17/h1,3-4,6-9,11,17H,2,5,10H2,(H,21,23)(H,22,24). The first-order valence-corrected chi connectivity index (χ1v) is 8.00. The number of hydrogen-bond acceptors (Lipinski definition) is 4. The second kappa shape index (κ2) is 7.60. The van der Waals surface area contributed by atoms with E-state index in [1.54, 1.807) is 48.5 Å². The van der Waals surface area contributed by atoms with Gasteiger partial charge in [-0.05, 0) is 55.3 Å². The van der Waals surface area contributed by atoms with Gasteiger partial charge in [-0.25, -0.2) is 0 Å². The highest BCUT2D eigenvalue weighted by atomic mass is 16.5. The van der Waals surface area contributed by atoms with E-state index in [9.17, 15) is 9.59 Å². The van der Waals surface area contributed by atoms with Crippen LogP contribution in [0.2, 0.25) is 0 Å². The van der Waals surface area contributed by atoms with Crippen LogP contribution >= 0.6 is 0 Å². The number of rotatable bonds is 4. The molecule has 1 fully saturated rings. The summed E-state index contributed by atoms with van der Waals surface area (Å²) in [7, 11) is 0. The molecule has 1 aliphatic rings. The van der Waals surface area contributed by atoms with Gasteiger partial charge in [0.15, 0.2) is 0 Å². The van der Waals surface area contributed by atoms with Crippen molar-refractivity contribution >= 4 is 23.2 Å². The summed E-state index contributed by atoms with van der Waals surface area (Å²) in [6, 6.07) is 15.3. The molecule has 2 N–H and O–H groups in total. The molecule has 1 atom stereocenters. The van der Waals surface area contributed by atoms with Gasteiger partial charge < -0.3 is 15.4 Å². The van der Waals surface area contributed by atoms with E-state index in [0.29, 0.717) is 35.5 Å². The number of amides is 2. The van der Waals surface area contributed by atoms with Crippen molar-refractivity contribution in [1.82, 2.24) is 0 Å². The maximum absolute atomic E-state index is 12.3. The molecule has 25 heavy (non-hydrogen) atoms. The quantitative estimate of drug-likeness (QED) is 0.899. The highest BCUT2D eigenvalue weighted by molar-refractivity contribution is 6.05. The first-order valence-electron chi connectivity index (χ1n) is 8.00. The minimum Gasteiger partial charge on any atom is -0.368 e. The predicted molar refractivity (Wildman–Crippen MR) is 93.2 cm³/mol. The Kier molecular flexibility index (Phi) is 5.07. The zero-order chi connectivity index (χ0) is 17.6. The molecule has 0 saturated carbocycles. The van der Waals surface area contributed by atoms with Gasteiger partial charge in [0.1, 0.15) is 6.10 Å². The number of ether oxygens (including phenoxy) is 1. The third-order valence-corrected chi connectivity index (χ3v) is 3.89. The minimum atomic E-state index is -0.420. The Morgan fingerprint density at radius 3 is 2.56 bits per heavy atom. The molecule has 2 aromatic rings. The minimum absolute atomic E-state index is 0.192. The summed E-state index contributed by atoms with van der Waals surface area (Å²) in [5.41, 5.74) is 2.09. The highest BCUT2D eigenvalue weighted by Gasteiger charge is 2.23. The normalized spacial score (nSPS) is 16.0. The van der Waals surface area contributed by atoms with Gasteiger partial charge in [0, 0.05) is 23.5 Å². The van der Waals surface area contributed by atoms with Crippen molar-refractivity contribution < 1.29 is 14.3 Å². The molecule has 2 aromatic carbocycles. The van der Waals surface area contributed by atoms with Gasteiger partial charge in [0.05, 0.1) is 11.6 Å². The number of nitrogens with zero attached hydrogens (tertiary/aromatic N) is 1. The van der Waals surface area contributed by atoms with Gasteiger partial charge in [0.25, 0.3) is 11.8 Å². The SMILES string of the molecule is N#Cc1ccc(NC(=O)c2cccc(NC(=O)C3CCCO3)c2)cc1. The fourth-order valence-corrected chi connectivity index (χ4v) is 2.58. The molecule has 1 saturated heterocycles. The maximum atomic E-state index is 12.3. The molecule has 6 nitrogen and oxygen atoms in total. The molecule has 0 spiro atoms. The number of nitriles is 1. The molecule has 6 heteroatoms. The zero-order valence-corrected chi connectivity index (χ0v) is 13.5. The van der Waals surface area contributed by atoms with E-state index in [-0.39, 0.29) is 11.8 Å². The topological polar surface area (TPSA) is 91.2 Å². The van der Waals surface area contributed by atoms with E-state index >= 15 is 0 Å². The van der Waals surface area contributed by atoms with E-state index in [1.807, 2.05) is 6.07 Å².